The molecule has 0 saturated heterocycles. The van der Waals surface area contributed by atoms with Crippen molar-refractivity contribution in [2.45, 2.75) is 64.8 Å². The lowest BCUT2D eigenvalue weighted by Crippen LogP contribution is -2.34. The van der Waals surface area contributed by atoms with E-state index >= 15 is 0 Å². The molecule has 1 nitrogen and oxygen atoms in total. The van der Waals surface area contributed by atoms with E-state index in [4.69, 9.17) is 0 Å². The monoisotopic (exact) mass is 313 g/mol. The molecule has 0 bridgehead atoms. The van der Waals surface area contributed by atoms with Crippen LogP contribution in [0.5, 0.6) is 0 Å². The zero-order valence-electron chi connectivity index (χ0n) is 8.95. The number of hydrogen-bond acceptors (Lipinski definition) is 1. The molecule has 0 aliphatic heterocycles. The molecule has 0 saturated carbocycles. The highest BCUT2D eigenvalue weighted by atomic mass is 79.9. The van der Waals surface area contributed by atoms with Crippen LogP contribution in [0.25, 0.3) is 0 Å². The molecule has 0 aromatic heterocycles. The average molecular weight is 315 g/mol. The maximum absolute atomic E-state index is 3.51. The summed E-state index contributed by atoms with van der Waals surface area (Å²) in [6, 6.07) is 0. The van der Waals surface area contributed by atoms with E-state index in [0.29, 0.717) is 0 Å². The maximum atomic E-state index is 3.51. The molecule has 0 rings (SSSR count). The normalized spacial score (nSPS) is 12.5. The summed E-state index contributed by atoms with van der Waals surface area (Å²) in [6.45, 7) is 6.79. The molecule has 0 heterocycles. The summed E-state index contributed by atoms with van der Waals surface area (Å²) < 4.78 is 2.03. The summed E-state index contributed by atoms with van der Waals surface area (Å²) >= 11 is 7.01. The standard InChI is InChI=1S/C10H21Br2N/c1-4-6-8-10(3,13(11)12)9-7-5-2/h4-9H2,1-3H3. The minimum absolute atomic E-state index is 0.270. The van der Waals surface area contributed by atoms with Gasteiger partial charge in [0.05, 0.1) is 0 Å². The van der Waals surface area contributed by atoms with Crippen molar-refractivity contribution in [3.63, 3.8) is 0 Å². The van der Waals surface area contributed by atoms with E-state index in [2.05, 4.69) is 53.1 Å². The molecule has 0 unspecified atom stereocenters. The van der Waals surface area contributed by atoms with Crippen molar-refractivity contribution in [3.8, 4) is 0 Å². The molecule has 0 spiro atoms. The average Bonchev–Trinajstić information content (AvgIpc) is 2.11. The lowest BCUT2D eigenvalue weighted by Gasteiger charge is -2.33. The van der Waals surface area contributed by atoms with Crippen molar-refractivity contribution in [2.24, 2.45) is 0 Å². The zero-order valence-corrected chi connectivity index (χ0v) is 12.1. The first-order chi connectivity index (χ1) is 6.06. The van der Waals surface area contributed by atoms with Crippen LogP contribution in [0.1, 0.15) is 59.3 Å². The summed E-state index contributed by atoms with van der Waals surface area (Å²) in [6.07, 6.45) is 7.65. The summed E-state index contributed by atoms with van der Waals surface area (Å²) in [4.78, 5) is 0. The van der Waals surface area contributed by atoms with Gasteiger partial charge >= 0.3 is 0 Å². The maximum Gasteiger partial charge on any atom is 0.0403 e. The SMILES string of the molecule is CCCCC(C)(CCCC)N(Br)Br. The van der Waals surface area contributed by atoms with Gasteiger partial charge in [-0.2, -0.15) is 2.95 Å². The molecule has 0 aliphatic carbocycles. The molecular formula is C10H21Br2N. The molecule has 0 radical (unpaired) electrons. The van der Waals surface area contributed by atoms with Gasteiger partial charge in [-0.3, -0.25) is 0 Å². The molecule has 0 fully saturated rings. The van der Waals surface area contributed by atoms with Crippen molar-refractivity contribution >= 4 is 32.3 Å². The fourth-order valence-corrected chi connectivity index (χ4v) is 2.12. The third-order valence-corrected chi connectivity index (χ3v) is 4.26. The molecule has 0 aromatic carbocycles. The highest BCUT2D eigenvalue weighted by Crippen LogP contribution is 2.33. The molecule has 0 atom stereocenters. The lowest BCUT2D eigenvalue weighted by molar-refractivity contribution is 0.286. The van der Waals surface area contributed by atoms with Crippen molar-refractivity contribution in [1.29, 1.82) is 0 Å². The first-order valence-corrected chi connectivity index (χ1v) is 6.60. The first-order valence-electron chi connectivity index (χ1n) is 5.18. The molecule has 3 heteroatoms. The number of hydrogen-bond donors (Lipinski definition) is 0. The van der Waals surface area contributed by atoms with E-state index in [-0.39, 0.29) is 5.54 Å². The molecule has 0 aliphatic rings. The second-order valence-corrected chi connectivity index (χ2v) is 6.31. The van der Waals surface area contributed by atoms with Gasteiger partial charge in [-0.15, -0.1) is 0 Å². The number of rotatable bonds is 7. The van der Waals surface area contributed by atoms with Crippen LogP contribution in [-0.2, 0) is 0 Å². The van der Waals surface area contributed by atoms with Gasteiger partial charge in [0.15, 0.2) is 0 Å². The molecule has 80 valence electrons. The van der Waals surface area contributed by atoms with Crippen LogP contribution in [0.2, 0.25) is 0 Å². The van der Waals surface area contributed by atoms with Gasteiger partial charge < -0.3 is 0 Å². The third-order valence-electron chi connectivity index (χ3n) is 2.55. The second kappa shape index (κ2) is 7.24. The van der Waals surface area contributed by atoms with E-state index in [1.807, 2.05) is 2.95 Å². The number of halogens is 2. The zero-order chi connectivity index (χ0) is 10.3. The Balaban J connectivity index is 4.00. The smallest absolute Gasteiger partial charge is 0.0403 e. The molecule has 0 amide bonds. The van der Waals surface area contributed by atoms with E-state index in [9.17, 15) is 0 Å². The van der Waals surface area contributed by atoms with Crippen LogP contribution in [0, 0.1) is 0 Å². The summed E-state index contributed by atoms with van der Waals surface area (Å²) in [7, 11) is 0. The Morgan fingerprint density at radius 3 is 1.62 bits per heavy atom. The topological polar surface area (TPSA) is 3.24 Å². The largest absolute Gasteiger partial charge is 0.172 e. The second-order valence-electron chi connectivity index (χ2n) is 3.94. The van der Waals surface area contributed by atoms with Gasteiger partial charge in [0.2, 0.25) is 0 Å². The van der Waals surface area contributed by atoms with Crippen molar-refractivity contribution in [1.82, 2.24) is 2.95 Å². The van der Waals surface area contributed by atoms with E-state index in [0.717, 1.165) is 0 Å². The van der Waals surface area contributed by atoms with E-state index in [1.54, 1.807) is 0 Å². The van der Waals surface area contributed by atoms with Gasteiger partial charge in [-0.1, -0.05) is 39.5 Å². The van der Waals surface area contributed by atoms with Gasteiger partial charge in [0.1, 0.15) is 0 Å². The fourth-order valence-electron chi connectivity index (χ4n) is 1.41. The Kier molecular flexibility index (Phi) is 7.76. The van der Waals surface area contributed by atoms with Gasteiger partial charge in [0.25, 0.3) is 0 Å². The highest BCUT2D eigenvalue weighted by Gasteiger charge is 2.27. The summed E-state index contributed by atoms with van der Waals surface area (Å²) in [5.74, 6) is 0. The molecule has 0 aromatic rings. The van der Waals surface area contributed by atoms with Crippen LogP contribution < -0.4 is 0 Å². The quantitative estimate of drug-likeness (QED) is 0.594. The Morgan fingerprint density at radius 1 is 1.00 bits per heavy atom. The number of unbranched alkanes of at least 4 members (excludes halogenated alkanes) is 2. The van der Waals surface area contributed by atoms with Crippen molar-refractivity contribution in [3.05, 3.63) is 0 Å². The van der Waals surface area contributed by atoms with Gasteiger partial charge in [-0.25, -0.2) is 0 Å². The number of nitrogens with zero attached hydrogens (tertiary/aromatic N) is 1. The van der Waals surface area contributed by atoms with Crippen molar-refractivity contribution in [2.75, 3.05) is 0 Å². The molecule has 13 heavy (non-hydrogen) atoms. The highest BCUT2D eigenvalue weighted by molar-refractivity contribution is 9.21. The Bertz CT molecular complexity index is 118. The molecular weight excluding hydrogens is 294 g/mol. The first kappa shape index (κ1) is 13.9. The lowest BCUT2D eigenvalue weighted by atomic mass is 9.90. The Labute approximate surface area is 99.9 Å². The minimum Gasteiger partial charge on any atom is -0.172 e. The Morgan fingerprint density at radius 2 is 1.38 bits per heavy atom. The summed E-state index contributed by atoms with van der Waals surface area (Å²) in [5.41, 5.74) is 0.270. The van der Waals surface area contributed by atoms with E-state index in [1.165, 1.54) is 38.5 Å². The summed E-state index contributed by atoms with van der Waals surface area (Å²) in [5, 5.41) is 0. The predicted molar refractivity (Wildman–Crippen MR) is 67.1 cm³/mol. The van der Waals surface area contributed by atoms with Crippen LogP contribution >= 0.6 is 32.3 Å². The minimum atomic E-state index is 0.270. The third kappa shape index (κ3) is 5.38. The van der Waals surface area contributed by atoms with Crippen LogP contribution in [0.15, 0.2) is 0 Å². The van der Waals surface area contributed by atoms with Gasteiger partial charge in [-0.05, 0) is 19.8 Å². The molecule has 0 N–H and O–H groups in total. The van der Waals surface area contributed by atoms with E-state index < -0.39 is 0 Å². The predicted octanol–water partition coefficient (Wildman–Crippen LogP) is 5.05. The van der Waals surface area contributed by atoms with Crippen LogP contribution in [0.3, 0.4) is 0 Å². The van der Waals surface area contributed by atoms with Crippen molar-refractivity contribution < 1.29 is 0 Å². The Hall–Kier alpha value is 0.920. The van der Waals surface area contributed by atoms with Crippen LogP contribution in [-0.4, -0.2) is 8.49 Å². The fraction of sp³-hybridized carbons (Fsp3) is 1.00. The van der Waals surface area contributed by atoms with Gasteiger partial charge in [0, 0.05) is 37.8 Å². The van der Waals surface area contributed by atoms with Crippen LogP contribution in [0.4, 0.5) is 0 Å².